The van der Waals surface area contributed by atoms with Gasteiger partial charge in [0.25, 0.3) is 0 Å². The van der Waals surface area contributed by atoms with Crippen molar-refractivity contribution in [2.75, 3.05) is 18.2 Å². The van der Waals surface area contributed by atoms with E-state index in [-0.39, 0.29) is 17.5 Å². The summed E-state index contributed by atoms with van der Waals surface area (Å²) in [5.41, 5.74) is 9.63. The Morgan fingerprint density at radius 3 is 2.47 bits per heavy atom. The molecule has 0 spiro atoms. The first-order valence-corrected chi connectivity index (χ1v) is 10.9. The number of pyridine rings is 1. The van der Waals surface area contributed by atoms with Crippen molar-refractivity contribution in [1.29, 1.82) is 0 Å². The maximum absolute atomic E-state index is 12.8. The van der Waals surface area contributed by atoms with E-state index in [2.05, 4.69) is 30.0 Å². The zero-order valence-corrected chi connectivity index (χ0v) is 19.5. The fraction of sp³-hybridized carbons (Fsp3) is 0.273. The van der Waals surface area contributed by atoms with Crippen LogP contribution in [0.25, 0.3) is 20.8 Å². The predicted molar refractivity (Wildman–Crippen MR) is 124 cm³/mol. The van der Waals surface area contributed by atoms with Crippen molar-refractivity contribution in [3.63, 3.8) is 0 Å². The molecule has 0 radical (unpaired) electrons. The Hall–Kier alpha value is -3.67. The van der Waals surface area contributed by atoms with Gasteiger partial charge in [-0.3, -0.25) is 4.98 Å². The predicted octanol–water partition coefficient (Wildman–Crippen LogP) is 5.43. The summed E-state index contributed by atoms with van der Waals surface area (Å²) in [5.74, 6) is 0.00553. The molecule has 0 aliphatic rings. The number of nitrogens with zero attached hydrogens (tertiary/aromatic N) is 4. The molecule has 1 atom stereocenters. The Bertz CT molecular complexity index is 1340. The van der Waals surface area contributed by atoms with Crippen LogP contribution in [-0.4, -0.2) is 33.4 Å². The van der Waals surface area contributed by atoms with E-state index >= 15 is 0 Å². The molecular weight excluding hydrogens is 469 g/mol. The molecule has 0 aliphatic carbocycles. The lowest BCUT2D eigenvalue weighted by Crippen LogP contribution is -2.18. The van der Waals surface area contributed by atoms with E-state index in [9.17, 15) is 13.2 Å². The Labute approximate surface area is 197 Å². The number of hydrogen-bond donors (Lipinski definition) is 2. The van der Waals surface area contributed by atoms with E-state index in [0.29, 0.717) is 21.8 Å². The van der Waals surface area contributed by atoms with Gasteiger partial charge in [-0.2, -0.15) is 4.98 Å². The average Bonchev–Trinajstić information content (AvgIpc) is 3.17. The van der Waals surface area contributed by atoms with Crippen LogP contribution < -0.4 is 20.5 Å². The van der Waals surface area contributed by atoms with Gasteiger partial charge in [-0.15, -0.1) is 24.5 Å². The lowest BCUT2D eigenvalue weighted by Gasteiger charge is -2.18. The number of benzene rings is 1. The summed E-state index contributed by atoms with van der Waals surface area (Å²) in [6.07, 6.45) is -3.12. The molecule has 0 amide bonds. The van der Waals surface area contributed by atoms with Gasteiger partial charge in [0.2, 0.25) is 5.95 Å². The molecule has 8 nitrogen and oxygen atoms in total. The first-order chi connectivity index (χ1) is 16.1. The number of nitrogens with two attached hydrogens (primary N) is 1. The van der Waals surface area contributed by atoms with Crippen molar-refractivity contribution in [3.8, 4) is 22.1 Å². The Balaban J connectivity index is 1.61. The van der Waals surface area contributed by atoms with Crippen molar-refractivity contribution < 1.29 is 22.6 Å². The normalized spacial score (nSPS) is 12.6. The van der Waals surface area contributed by atoms with Gasteiger partial charge in [-0.05, 0) is 44.5 Å². The van der Waals surface area contributed by atoms with Gasteiger partial charge < -0.3 is 20.5 Å². The van der Waals surface area contributed by atoms with Crippen LogP contribution in [0.5, 0.6) is 11.5 Å². The van der Waals surface area contributed by atoms with Gasteiger partial charge in [0.15, 0.2) is 11.5 Å². The summed E-state index contributed by atoms with van der Waals surface area (Å²) in [5, 5.41) is 3.76. The van der Waals surface area contributed by atoms with E-state index in [0.717, 1.165) is 15.9 Å². The van der Waals surface area contributed by atoms with Crippen LogP contribution in [0.4, 0.5) is 24.9 Å². The number of fused-ring (bicyclic) bond motifs is 1. The zero-order valence-electron chi connectivity index (χ0n) is 18.7. The fourth-order valence-electron chi connectivity index (χ4n) is 3.46. The van der Waals surface area contributed by atoms with Gasteiger partial charge in [0.1, 0.15) is 16.3 Å². The standard InChI is InChI=1S/C22H21F3N6O2S/c1-10(13-5-6-14(32-4)15(9-13)33-22(23,24)25)28-21-29-11(2)17(19(26)31-21)20-30-18-12(3)27-8-7-16(18)34-20/h5-10H,1-4H3,(H3,26,28,29,31)/t10-/m1/s1. The summed E-state index contributed by atoms with van der Waals surface area (Å²) in [4.78, 5) is 17.8. The summed E-state index contributed by atoms with van der Waals surface area (Å²) >= 11 is 1.47. The van der Waals surface area contributed by atoms with E-state index in [1.165, 1.54) is 30.6 Å². The van der Waals surface area contributed by atoms with Gasteiger partial charge >= 0.3 is 6.36 Å². The highest BCUT2D eigenvalue weighted by molar-refractivity contribution is 7.21. The van der Waals surface area contributed by atoms with Crippen LogP contribution in [0.2, 0.25) is 0 Å². The number of anilines is 2. The number of rotatable bonds is 6. The van der Waals surface area contributed by atoms with Crippen molar-refractivity contribution >= 4 is 33.3 Å². The minimum atomic E-state index is -4.84. The summed E-state index contributed by atoms with van der Waals surface area (Å²) in [6.45, 7) is 5.44. The van der Waals surface area contributed by atoms with Crippen LogP contribution >= 0.6 is 11.3 Å². The summed E-state index contributed by atoms with van der Waals surface area (Å²) < 4.78 is 48.3. The monoisotopic (exact) mass is 490 g/mol. The van der Waals surface area contributed by atoms with Crippen LogP contribution in [0.1, 0.15) is 29.9 Å². The maximum Gasteiger partial charge on any atom is 0.573 e. The van der Waals surface area contributed by atoms with E-state index in [4.69, 9.17) is 10.5 Å². The Morgan fingerprint density at radius 1 is 1.06 bits per heavy atom. The average molecular weight is 491 g/mol. The molecule has 178 valence electrons. The molecule has 1 aromatic carbocycles. The molecule has 0 saturated heterocycles. The van der Waals surface area contributed by atoms with Gasteiger partial charge in [-0.1, -0.05) is 6.07 Å². The molecule has 3 aromatic heterocycles. The molecule has 12 heteroatoms. The molecule has 4 rings (SSSR count). The van der Waals surface area contributed by atoms with Crippen LogP contribution in [0.15, 0.2) is 30.5 Å². The number of thiazole rings is 1. The van der Waals surface area contributed by atoms with Gasteiger partial charge in [0, 0.05) is 6.20 Å². The molecule has 0 aliphatic heterocycles. The third-order valence-electron chi connectivity index (χ3n) is 5.08. The second-order valence-electron chi connectivity index (χ2n) is 7.48. The highest BCUT2D eigenvalue weighted by atomic mass is 32.1. The minimum absolute atomic E-state index is 0.0322. The lowest BCUT2D eigenvalue weighted by molar-refractivity contribution is -0.275. The Kier molecular flexibility index (Phi) is 6.17. The van der Waals surface area contributed by atoms with Crippen LogP contribution in [0, 0.1) is 13.8 Å². The number of nitrogen functional groups attached to an aromatic ring is 1. The largest absolute Gasteiger partial charge is 0.573 e. The highest BCUT2D eigenvalue weighted by Gasteiger charge is 2.32. The summed E-state index contributed by atoms with van der Waals surface area (Å²) in [7, 11) is 1.27. The molecule has 4 aromatic rings. The fourth-order valence-corrected chi connectivity index (χ4v) is 4.58. The topological polar surface area (TPSA) is 108 Å². The lowest BCUT2D eigenvalue weighted by atomic mass is 10.1. The van der Waals surface area contributed by atoms with Crippen molar-refractivity contribution in [3.05, 3.63) is 47.4 Å². The second-order valence-corrected chi connectivity index (χ2v) is 8.51. The van der Waals surface area contributed by atoms with Gasteiger partial charge in [-0.25, -0.2) is 9.97 Å². The highest BCUT2D eigenvalue weighted by Crippen LogP contribution is 2.37. The molecule has 0 fully saturated rings. The smallest absolute Gasteiger partial charge is 0.493 e. The number of alkyl halides is 3. The number of nitrogens with one attached hydrogen (secondary N) is 1. The van der Waals surface area contributed by atoms with Crippen molar-refractivity contribution in [2.45, 2.75) is 33.2 Å². The van der Waals surface area contributed by atoms with Gasteiger partial charge in [0.05, 0.1) is 34.8 Å². The van der Waals surface area contributed by atoms with E-state index in [1.54, 1.807) is 26.1 Å². The third kappa shape index (κ3) is 4.81. The number of aromatic nitrogens is 4. The first-order valence-electron chi connectivity index (χ1n) is 10.1. The molecule has 3 heterocycles. The third-order valence-corrected chi connectivity index (χ3v) is 6.12. The first kappa shape index (κ1) is 23.5. The van der Waals surface area contributed by atoms with Crippen LogP contribution in [-0.2, 0) is 0 Å². The number of ether oxygens (including phenoxy) is 2. The van der Waals surface area contributed by atoms with Crippen molar-refractivity contribution in [2.24, 2.45) is 0 Å². The molecular formula is C22H21F3N6O2S. The summed E-state index contributed by atoms with van der Waals surface area (Å²) in [6, 6.07) is 5.72. The maximum atomic E-state index is 12.8. The molecule has 3 N–H and O–H groups in total. The molecule has 0 bridgehead atoms. The number of methoxy groups -OCH3 is 1. The van der Waals surface area contributed by atoms with E-state index < -0.39 is 18.2 Å². The SMILES string of the molecule is COc1ccc([C@@H](C)Nc2nc(C)c(-c3nc4c(C)nccc4s3)c(N)n2)cc1OC(F)(F)F. The van der Waals surface area contributed by atoms with Crippen molar-refractivity contribution in [1.82, 2.24) is 19.9 Å². The van der Waals surface area contributed by atoms with E-state index in [1.807, 2.05) is 13.0 Å². The zero-order chi connectivity index (χ0) is 24.6. The molecule has 0 unspecified atom stereocenters. The number of halogens is 3. The minimum Gasteiger partial charge on any atom is -0.493 e. The molecule has 34 heavy (non-hydrogen) atoms. The number of hydrogen-bond acceptors (Lipinski definition) is 9. The quantitative estimate of drug-likeness (QED) is 0.369. The molecule has 0 saturated carbocycles. The van der Waals surface area contributed by atoms with Crippen LogP contribution in [0.3, 0.4) is 0 Å². The second kappa shape index (κ2) is 8.93. The number of aryl methyl sites for hydroxylation is 2. The Morgan fingerprint density at radius 2 is 1.82 bits per heavy atom.